The normalized spacial score (nSPS) is 14.5. The summed E-state index contributed by atoms with van der Waals surface area (Å²) in [6.07, 6.45) is 0.888. The highest BCUT2D eigenvalue weighted by molar-refractivity contribution is 5.93. The molecule has 7 heteroatoms. The van der Waals surface area contributed by atoms with Crippen molar-refractivity contribution in [1.82, 2.24) is 10.6 Å². The maximum atomic E-state index is 9.10. The second-order valence-electron chi connectivity index (χ2n) is 6.33. The summed E-state index contributed by atoms with van der Waals surface area (Å²) in [7, 11) is 0. The van der Waals surface area contributed by atoms with Crippen LogP contribution in [0.5, 0.6) is 0 Å². The van der Waals surface area contributed by atoms with Crippen LogP contribution in [0.25, 0.3) is 0 Å². The van der Waals surface area contributed by atoms with E-state index in [0.29, 0.717) is 24.6 Å². The molecule has 0 atom stereocenters. The predicted molar refractivity (Wildman–Crippen MR) is 89.4 cm³/mol. The number of nitrogens with zero attached hydrogens (tertiary/aromatic N) is 2. The Kier molecular flexibility index (Phi) is 9.24. The topological polar surface area (TPSA) is 98.5 Å². The highest BCUT2D eigenvalue weighted by atomic mass is 16.5. The average Bonchev–Trinajstić information content (AvgIpc) is 2.46. The van der Waals surface area contributed by atoms with Gasteiger partial charge in [0.1, 0.15) is 5.71 Å². The smallest absolute Gasteiger partial charge is 0.102 e. The van der Waals surface area contributed by atoms with E-state index in [9.17, 15) is 0 Å². The van der Waals surface area contributed by atoms with Crippen LogP contribution < -0.4 is 10.6 Å². The van der Waals surface area contributed by atoms with Gasteiger partial charge in [-0.25, -0.2) is 0 Å². The third-order valence-corrected chi connectivity index (χ3v) is 3.83. The first-order chi connectivity index (χ1) is 10.2. The Morgan fingerprint density at radius 3 is 2.00 bits per heavy atom. The average molecular weight is 316 g/mol. The number of hydrogen-bond donors (Lipinski definition) is 4. The fraction of sp³-hybridized carbons (Fsp3) is 0.867. The molecule has 0 rings (SSSR count). The van der Waals surface area contributed by atoms with Gasteiger partial charge in [0.15, 0.2) is 0 Å². The van der Waals surface area contributed by atoms with Crippen molar-refractivity contribution < 1.29 is 15.2 Å². The Labute approximate surface area is 133 Å². The molecule has 0 heterocycles. The zero-order valence-electron chi connectivity index (χ0n) is 14.7. The van der Waals surface area contributed by atoms with Crippen molar-refractivity contribution in [3.05, 3.63) is 0 Å². The Hall–Kier alpha value is -1.18. The highest BCUT2D eigenvalue weighted by Crippen LogP contribution is 2.07. The van der Waals surface area contributed by atoms with Gasteiger partial charge in [0.05, 0.1) is 23.4 Å². The molecule has 0 bridgehead atoms. The minimum atomic E-state index is -0.429. The Morgan fingerprint density at radius 1 is 1.00 bits per heavy atom. The van der Waals surface area contributed by atoms with E-state index in [1.54, 1.807) is 6.92 Å². The van der Waals surface area contributed by atoms with Crippen molar-refractivity contribution in [1.29, 1.82) is 0 Å². The largest absolute Gasteiger partial charge is 0.411 e. The van der Waals surface area contributed by atoms with Gasteiger partial charge in [-0.15, -0.1) is 0 Å². The summed E-state index contributed by atoms with van der Waals surface area (Å²) in [5, 5.41) is 31.2. The van der Waals surface area contributed by atoms with Crippen LogP contribution in [-0.2, 0) is 4.74 Å². The number of hydrogen-bond acceptors (Lipinski definition) is 7. The van der Waals surface area contributed by atoms with Gasteiger partial charge in [0.2, 0.25) is 0 Å². The summed E-state index contributed by atoms with van der Waals surface area (Å²) in [4.78, 5) is 0. The summed E-state index contributed by atoms with van der Waals surface area (Å²) in [6, 6.07) is 0. The second-order valence-corrected chi connectivity index (χ2v) is 6.33. The lowest BCUT2D eigenvalue weighted by molar-refractivity contribution is 0.177. The molecule has 0 amide bonds. The van der Waals surface area contributed by atoms with Crippen molar-refractivity contribution in [2.24, 2.45) is 10.3 Å². The Bertz CT molecular complexity index is 379. The van der Waals surface area contributed by atoms with Gasteiger partial charge < -0.3 is 25.8 Å². The minimum absolute atomic E-state index is 0.310. The lowest BCUT2D eigenvalue weighted by Gasteiger charge is -2.28. The van der Waals surface area contributed by atoms with Crippen molar-refractivity contribution in [2.45, 2.75) is 59.0 Å². The van der Waals surface area contributed by atoms with Gasteiger partial charge >= 0.3 is 0 Å². The predicted octanol–water partition coefficient (Wildman–Crippen LogP) is 1.83. The molecule has 0 saturated heterocycles. The molecule has 4 N–H and O–H groups in total. The van der Waals surface area contributed by atoms with E-state index in [1.165, 1.54) is 0 Å². The molecular formula is C15H32N4O3. The zero-order chi connectivity index (χ0) is 17.2. The molecule has 0 fully saturated rings. The third-order valence-electron chi connectivity index (χ3n) is 3.83. The number of ether oxygens (including phenoxy) is 1. The standard InChI is InChI=1S/C15H32N4O3/c1-7-22-11-13(19-21)15(5,6)17-10-8-9-16-14(3,4)12(2)18-20/h16-17,20-21H,7-11H2,1-6H3/b18-12+,19-13+. The molecule has 0 radical (unpaired) electrons. The maximum absolute atomic E-state index is 9.10. The van der Waals surface area contributed by atoms with Crippen LogP contribution in [-0.4, -0.2) is 59.2 Å². The highest BCUT2D eigenvalue weighted by Gasteiger charge is 2.25. The van der Waals surface area contributed by atoms with E-state index in [-0.39, 0.29) is 5.54 Å². The molecule has 0 aliphatic heterocycles. The lowest BCUT2D eigenvalue weighted by Crippen LogP contribution is -2.50. The molecule has 0 aromatic carbocycles. The van der Waals surface area contributed by atoms with Crippen LogP contribution in [0.1, 0.15) is 48.0 Å². The molecule has 0 aromatic rings. The summed E-state index contributed by atoms with van der Waals surface area (Å²) in [5.74, 6) is 0. The van der Waals surface area contributed by atoms with Gasteiger partial charge in [-0.1, -0.05) is 10.3 Å². The zero-order valence-corrected chi connectivity index (χ0v) is 14.7. The van der Waals surface area contributed by atoms with Crippen molar-refractivity contribution >= 4 is 11.4 Å². The van der Waals surface area contributed by atoms with Crippen LogP contribution in [0, 0.1) is 0 Å². The fourth-order valence-electron chi connectivity index (χ4n) is 1.78. The van der Waals surface area contributed by atoms with Gasteiger partial charge in [0, 0.05) is 6.61 Å². The van der Waals surface area contributed by atoms with E-state index < -0.39 is 5.54 Å². The van der Waals surface area contributed by atoms with Crippen LogP contribution in [0.15, 0.2) is 10.3 Å². The Morgan fingerprint density at radius 2 is 1.55 bits per heavy atom. The monoisotopic (exact) mass is 316 g/mol. The summed E-state index contributed by atoms with van der Waals surface area (Å²) < 4.78 is 5.30. The van der Waals surface area contributed by atoms with Gasteiger partial charge in [-0.3, -0.25) is 0 Å². The summed E-state index contributed by atoms with van der Waals surface area (Å²) in [5.41, 5.74) is 0.455. The fourth-order valence-corrected chi connectivity index (χ4v) is 1.78. The van der Waals surface area contributed by atoms with Crippen molar-refractivity contribution in [3.8, 4) is 0 Å². The molecule has 0 unspecified atom stereocenters. The third kappa shape index (κ3) is 7.20. The molecule has 0 aromatic heterocycles. The number of nitrogens with one attached hydrogen (secondary N) is 2. The van der Waals surface area contributed by atoms with Crippen molar-refractivity contribution in [3.63, 3.8) is 0 Å². The van der Waals surface area contributed by atoms with Crippen LogP contribution in [0.3, 0.4) is 0 Å². The van der Waals surface area contributed by atoms with Crippen LogP contribution >= 0.6 is 0 Å². The van der Waals surface area contributed by atoms with E-state index >= 15 is 0 Å². The Balaban J connectivity index is 4.19. The number of rotatable bonds is 11. The molecule has 0 spiro atoms. The summed E-state index contributed by atoms with van der Waals surface area (Å²) in [6.45, 7) is 14.0. The van der Waals surface area contributed by atoms with Crippen LogP contribution in [0.2, 0.25) is 0 Å². The van der Waals surface area contributed by atoms with Gasteiger partial charge in [-0.2, -0.15) is 0 Å². The molecule has 22 heavy (non-hydrogen) atoms. The molecular weight excluding hydrogens is 284 g/mol. The summed E-state index contributed by atoms with van der Waals surface area (Å²) >= 11 is 0. The van der Waals surface area contributed by atoms with E-state index in [4.69, 9.17) is 15.2 Å². The van der Waals surface area contributed by atoms with Gasteiger partial charge in [-0.05, 0) is 61.1 Å². The van der Waals surface area contributed by atoms with Crippen molar-refractivity contribution in [2.75, 3.05) is 26.3 Å². The quantitative estimate of drug-likeness (QED) is 0.202. The molecule has 7 nitrogen and oxygen atoms in total. The first kappa shape index (κ1) is 20.8. The van der Waals surface area contributed by atoms with E-state index in [2.05, 4.69) is 20.9 Å². The molecule has 0 saturated carbocycles. The van der Waals surface area contributed by atoms with E-state index in [0.717, 1.165) is 19.5 Å². The van der Waals surface area contributed by atoms with E-state index in [1.807, 2.05) is 34.6 Å². The SMILES string of the molecule is CCOC/C(=N\O)C(C)(C)NCCCNC(C)(C)/C(C)=N/O. The maximum Gasteiger partial charge on any atom is 0.102 e. The second kappa shape index (κ2) is 9.76. The van der Waals surface area contributed by atoms with Gasteiger partial charge in [0.25, 0.3) is 0 Å². The molecule has 0 aliphatic carbocycles. The molecule has 0 aliphatic rings. The first-order valence-corrected chi connectivity index (χ1v) is 7.69. The van der Waals surface area contributed by atoms with Crippen LogP contribution in [0.4, 0.5) is 0 Å². The minimum Gasteiger partial charge on any atom is -0.411 e. The molecule has 130 valence electrons. The number of oxime groups is 2. The lowest BCUT2D eigenvalue weighted by atomic mass is 9.98. The first-order valence-electron chi connectivity index (χ1n) is 7.69.